The minimum Gasteiger partial charge on any atom is -0.388 e. The van der Waals surface area contributed by atoms with E-state index in [9.17, 15) is 5.11 Å². The van der Waals surface area contributed by atoms with Gasteiger partial charge in [0.25, 0.3) is 0 Å². The van der Waals surface area contributed by atoms with Crippen LogP contribution in [0.15, 0.2) is 0 Å². The van der Waals surface area contributed by atoms with Gasteiger partial charge in [-0.3, -0.25) is 0 Å². The van der Waals surface area contributed by atoms with Gasteiger partial charge < -0.3 is 10.8 Å². The third kappa shape index (κ3) is 2.29. The summed E-state index contributed by atoms with van der Waals surface area (Å²) in [5, 5.41) is 10.4. The molecule has 0 radical (unpaired) electrons. The van der Waals surface area contributed by atoms with Crippen molar-refractivity contribution in [2.75, 3.05) is 0 Å². The fraction of sp³-hybridized carbons (Fsp3) is 1.00. The number of hydrogen-bond acceptors (Lipinski definition) is 2. The number of aliphatic hydroxyl groups is 1. The topological polar surface area (TPSA) is 46.2 Å². The van der Waals surface area contributed by atoms with Crippen molar-refractivity contribution in [2.24, 2.45) is 17.6 Å². The molecule has 1 rings (SSSR count). The maximum atomic E-state index is 10.4. The Bertz CT molecular complexity index is 177. The van der Waals surface area contributed by atoms with Crippen molar-refractivity contribution in [3.8, 4) is 0 Å². The summed E-state index contributed by atoms with van der Waals surface area (Å²) < 4.78 is 0. The third-order valence-corrected chi connectivity index (χ3v) is 4.11. The lowest BCUT2D eigenvalue weighted by atomic mass is 9.68. The van der Waals surface area contributed by atoms with Gasteiger partial charge in [0.2, 0.25) is 0 Å². The molecule has 1 aliphatic rings. The van der Waals surface area contributed by atoms with E-state index in [-0.39, 0.29) is 6.04 Å². The van der Waals surface area contributed by atoms with E-state index in [0.717, 1.165) is 6.42 Å². The van der Waals surface area contributed by atoms with Gasteiger partial charge in [-0.15, -0.1) is 0 Å². The fourth-order valence-corrected chi connectivity index (χ4v) is 2.80. The van der Waals surface area contributed by atoms with E-state index in [1.807, 2.05) is 13.8 Å². The first-order valence-corrected chi connectivity index (χ1v) is 5.98. The molecule has 4 atom stereocenters. The molecule has 0 heterocycles. The van der Waals surface area contributed by atoms with E-state index in [1.165, 1.54) is 25.7 Å². The summed E-state index contributed by atoms with van der Waals surface area (Å²) in [5.41, 5.74) is 5.19. The lowest BCUT2D eigenvalue weighted by Gasteiger charge is -2.43. The molecule has 0 aromatic rings. The Morgan fingerprint density at radius 3 is 2.50 bits per heavy atom. The van der Waals surface area contributed by atoms with Crippen molar-refractivity contribution < 1.29 is 5.11 Å². The maximum Gasteiger partial charge on any atom is 0.0797 e. The van der Waals surface area contributed by atoms with Gasteiger partial charge in [-0.05, 0) is 32.1 Å². The van der Waals surface area contributed by atoms with Crippen molar-refractivity contribution in [3.63, 3.8) is 0 Å². The Kier molecular flexibility index (Phi) is 3.96. The summed E-state index contributed by atoms with van der Waals surface area (Å²) in [5.74, 6) is 1.07. The normalized spacial score (nSPS) is 34.9. The smallest absolute Gasteiger partial charge is 0.0797 e. The van der Waals surface area contributed by atoms with Crippen LogP contribution < -0.4 is 5.73 Å². The van der Waals surface area contributed by atoms with Crippen LogP contribution in [0, 0.1) is 11.8 Å². The Morgan fingerprint density at radius 1 is 1.43 bits per heavy atom. The van der Waals surface area contributed by atoms with Crippen LogP contribution in [-0.4, -0.2) is 16.7 Å². The largest absolute Gasteiger partial charge is 0.388 e. The van der Waals surface area contributed by atoms with Crippen molar-refractivity contribution in [1.29, 1.82) is 0 Å². The first-order chi connectivity index (χ1) is 6.50. The molecule has 0 bridgehead atoms. The van der Waals surface area contributed by atoms with Crippen LogP contribution in [0.2, 0.25) is 0 Å². The van der Waals surface area contributed by atoms with Crippen molar-refractivity contribution in [1.82, 2.24) is 0 Å². The van der Waals surface area contributed by atoms with Crippen LogP contribution in [0.1, 0.15) is 52.9 Å². The van der Waals surface area contributed by atoms with Gasteiger partial charge in [-0.2, -0.15) is 0 Å². The van der Waals surface area contributed by atoms with Gasteiger partial charge in [0.15, 0.2) is 0 Å². The predicted octanol–water partition coefficient (Wildman–Crippen LogP) is 2.30. The highest BCUT2D eigenvalue weighted by atomic mass is 16.3. The maximum absolute atomic E-state index is 10.4. The minimum absolute atomic E-state index is 0.125. The summed E-state index contributed by atoms with van der Waals surface area (Å²) in [6, 6.07) is -0.125. The monoisotopic (exact) mass is 199 g/mol. The molecule has 3 N–H and O–H groups in total. The summed E-state index contributed by atoms with van der Waals surface area (Å²) in [7, 11) is 0. The average Bonchev–Trinajstić information content (AvgIpc) is 2.17. The molecule has 1 aliphatic carbocycles. The zero-order valence-corrected chi connectivity index (χ0v) is 9.79. The fourth-order valence-electron chi connectivity index (χ4n) is 2.80. The number of rotatable bonds is 3. The molecule has 1 saturated carbocycles. The molecule has 4 unspecified atom stereocenters. The highest BCUT2D eigenvalue weighted by Crippen LogP contribution is 2.39. The van der Waals surface area contributed by atoms with E-state index < -0.39 is 5.60 Å². The lowest BCUT2D eigenvalue weighted by molar-refractivity contribution is -0.0581. The second-order valence-electron chi connectivity index (χ2n) is 5.07. The lowest BCUT2D eigenvalue weighted by Crippen LogP contribution is -2.52. The van der Waals surface area contributed by atoms with Gasteiger partial charge >= 0.3 is 0 Å². The van der Waals surface area contributed by atoms with Crippen molar-refractivity contribution in [2.45, 2.75) is 64.5 Å². The standard InChI is InChI=1S/C12H25NO/c1-4-10-7-5-6-8-11(10)12(3,14)9(2)13/h9-11,14H,4-8,13H2,1-3H3. The molecule has 0 saturated heterocycles. The van der Waals surface area contributed by atoms with Crippen LogP contribution in [-0.2, 0) is 0 Å². The summed E-state index contributed by atoms with van der Waals surface area (Å²) in [6.45, 7) is 6.05. The molecule has 14 heavy (non-hydrogen) atoms. The molecule has 0 amide bonds. The van der Waals surface area contributed by atoms with Crippen LogP contribution in [0.25, 0.3) is 0 Å². The molecule has 2 nitrogen and oxygen atoms in total. The molecule has 0 aliphatic heterocycles. The average molecular weight is 199 g/mol. The Morgan fingerprint density at radius 2 is 2.00 bits per heavy atom. The quantitative estimate of drug-likeness (QED) is 0.732. The van der Waals surface area contributed by atoms with E-state index in [1.54, 1.807) is 0 Å². The molecular formula is C12H25NO. The number of hydrogen-bond donors (Lipinski definition) is 2. The van der Waals surface area contributed by atoms with E-state index in [0.29, 0.717) is 11.8 Å². The SMILES string of the molecule is CCC1CCCCC1C(C)(O)C(C)N. The zero-order valence-electron chi connectivity index (χ0n) is 9.79. The van der Waals surface area contributed by atoms with Gasteiger partial charge in [-0.1, -0.05) is 32.6 Å². The van der Waals surface area contributed by atoms with Crippen LogP contribution >= 0.6 is 0 Å². The van der Waals surface area contributed by atoms with E-state index in [4.69, 9.17) is 5.73 Å². The summed E-state index contributed by atoms with van der Waals surface area (Å²) >= 11 is 0. The summed E-state index contributed by atoms with van der Waals surface area (Å²) in [6.07, 6.45) is 6.17. The first-order valence-electron chi connectivity index (χ1n) is 5.98. The molecule has 1 fully saturated rings. The Labute approximate surface area is 87.9 Å². The van der Waals surface area contributed by atoms with Gasteiger partial charge in [0.1, 0.15) is 0 Å². The molecule has 0 aromatic carbocycles. The minimum atomic E-state index is -0.679. The Balaban J connectivity index is 2.72. The summed E-state index contributed by atoms with van der Waals surface area (Å²) in [4.78, 5) is 0. The van der Waals surface area contributed by atoms with Gasteiger partial charge in [0, 0.05) is 6.04 Å². The Hall–Kier alpha value is -0.0800. The van der Waals surface area contributed by atoms with Crippen molar-refractivity contribution >= 4 is 0 Å². The second-order valence-corrected chi connectivity index (χ2v) is 5.07. The van der Waals surface area contributed by atoms with Crippen LogP contribution in [0.4, 0.5) is 0 Å². The first kappa shape index (κ1) is 12.0. The third-order valence-electron chi connectivity index (χ3n) is 4.11. The van der Waals surface area contributed by atoms with E-state index in [2.05, 4.69) is 6.92 Å². The van der Waals surface area contributed by atoms with Crippen molar-refractivity contribution in [3.05, 3.63) is 0 Å². The highest BCUT2D eigenvalue weighted by molar-refractivity contribution is 4.93. The molecule has 84 valence electrons. The van der Waals surface area contributed by atoms with Gasteiger partial charge in [-0.25, -0.2) is 0 Å². The second kappa shape index (κ2) is 4.63. The van der Waals surface area contributed by atoms with Gasteiger partial charge in [0.05, 0.1) is 5.60 Å². The molecule has 0 spiro atoms. The molecular weight excluding hydrogens is 174 g/mol. The number of nitrogens with two attached hydrogens (primary N) is 1. The molecule has 0 aromatic heterocycles. The van der Waals surface area contributed by atoms with Crippen LogP contribution in [0.5, 0.6) is 0 Å². The van der Waals surface area contributed by atoms with E-state index >= 15 is 0 Å². The predicted molar refractivity (Wildman–Crippen MR) is 60.0 cm³/mol. The highest BCUT2D eigenvalue weighted by Gasteiger charge is 2.40. The van der Waals surface area contributed by atoms with Crippen LogP contribution in [0.3, 0.4) is 0 Å². The molecule has 2 heteroatoms. The zero-order chi connectivity index (χ0) is 10.8.